The lowest BCUT2D eigenvalue weighted by Gasteiger charge is -2.09. The van der Waals surface area contributed by atoms with Crippen molar-refractivity contribution in [2.75, 3.05) is 0 Å². The summed E-state index contributed by atoms with van der Waals surface area (Å²) < 4.78 is 1.82. The summed E-state index contributed by atoms with van der Waals surface area (Å²) in [5, 5.41) is 35.6. The summed E-state index contributed by atoms with van der Waals surface area (Å²) >= 11 is 1.57. The SMILES string of the molecule is CC(C)C(C)N=c1scc(C2CC2)n1/N=C/c1cc(O)c(O)cc1O. The van der Waals surface area contributed by atoms with E-state index in [0.717, 1.165) is 29.4 Å². The molecule has 1 saturated carbocycles. The molecule has 6 nitrogen and oxygen atoms in total. The van der Waals surface area contributed by atoms with Crippen molar-refractivity contribution < 1.29 is 15.3 Å². The van der Waals surface area contributed by atoms with Gasteiger partial charge in [-0.25, -0.2) is 4.68 Å². The molecular formula is C18H23N3O3S. The van der Waals surface area contributed by atoms with E-state index in [0.29, 0.717) is 17.4 Å². The highest BCUT2D eigenvalue weighted by Gasteiger charge is 2.27. The minimum absolute atomic E-state index is 0.142. The molecule has 0 aliphatic heterocycles. The predicted octanol–water partition coefficient (Wildman–Crippen LogP) is 3.37. The van der Waals surface area contributed by atoms with E-state index in [1.807, 2.05) is 4.68 Å². The molecule has 25 heavy (non-hydrogen) atoms. The van der Waals surface area contributed by atoms with Crippen LogP contribution in [-0.4, -0.2) is 32.3 Å². The van der Waals surface area contributed by atoms with Gasteiger partial charge in [-0.2, -0.15) is 5.10 Å². The van der Waals surface area contributed by atoms with Crippen LogP contribution in [0.4, 0.5) is 0 Å². The summed E-state index contributed by atoms with van der Waals surface area (Å²) in [6.45, 7) is 6.35. The smallest absolute Gasteiger partial charge is 0.206 e. The Labute approximate surface area is 150 Å². The first-order valence-electron chi connectivity index (χ1n) is 8.40. The van der Waals surface area contributed by atoms with Gasteiger partial charge in [-0.3, -0.25) is 4.99 Å². The van der Waals surface area contributed by atoms with Gasteiger partial charge in [0.15, 0.2) is 11.5 Å². The van der Waals surface area contributed by atoms with Crippen LogP contribution >= 0.6 is 11.3 Å². The molecule has 0 radical (unpaired) electrons. The number of aromatic hydroxyl groups is 3. The molecule has 0 amide bonds. The summed E-state index contributed by atoms with van der Waals surface area (Å²) in [4.78, 5) is 5.59. The largest absolute Gasteiger partial charge is 0.507 e. The molecule has 3 N–H and O–H groups in total. The zero-order chi connectivity index (χ0) is 18.1. The molecule has 1 aromatic carbocycles. The first-order valence-corrected chi connectivity index (χ1v) is 9.28. The van der Waals surface area contributed by atoms with Gasteiger partial charge in [0.2, 0.25) is 4.80 Å². The van der Waals surface area contributed by atoms with Crippen LogP contribution in [0.5, 0.6) is 17.2 Å². The Morgan fingerprint density at radius 2 is 1.80 bits per heavy atom. The Bertz CT molecular complexity index is 863. The number of phenols is 3. The summed E-state index contributed by atoms with van der Waals surface area (Å²) in [7, 11) is 0. The maximum Gasteiger partial charge on any atom is 0.206 e. The zero-order valence-corrected chi connectivity index (χ0v) is 15.4. The van der Waals surface area contributed by atoms with E-state index in [1.165, 1.54) is 12.3 Å². The summed E-state index contributed by atoms with van der Waals surface area (Å²) in [6.07, 6.45) is 3.78. The number of benzene rings is 1. The maximum atomic E-state index is 9.93. The van der Waals surface area contributed by atoms with Gasteiger partial charge >= 0.3 is 0 Å². The van der Waals surface area contributed by atoms with Crippen molar-refractivity contribution in [2.45, 2.75) is 45.6 Å². The van der Waals surface area contributed by atoms with E-state index in [2.05, 4.69) is 31.3 Å². The van der Waals surface area contributed by atoms with Crippen LogP contribution in [0.1, 0.15) is 50.8 Å². The Balaban J connectivity index is 2.01. The zero-order valence-electron chi connectivity index (χ0n) is 14.5. The maximum absolute atomic E-state index is 9.93. The molecule has 1 aliphatic rings. The van der Waals surface area contributed by atoms with Gasteiger partial charge in [0.25, 0.3) is 0 Å². The molecule has 2 aromatic rings. The topological polar surface area (TPSA) is 90.3 Å². The van der Waals surface area contributed by atoms with Gasteiger partial charge in [-0.05, 0) is 31.7 Å². The van der Waals surface area contributed by atoms with Crippen molar-refractivity contribution in [1.29, 1.82) is 0 Å². The minimum Gasteiger partial charge on any atom is -0.507 e. The van der Waals surface area contributed by atoms with E-state index in [1.54, 1.807) is 11.3 Å². The molecule has 1 aromatic heterocycles. The Morgan fingerprint density at radius 3 is 2.44 bits per heavy atom. The van der Waals surface area contributed by atoms with Crippen molar-refractivity contribution in [2.24, 2.45) is 16.0 Å². The second kappa shape index (κ2) is 6.92. The van der Waals surface area contributed by atoms with Crippen LogP contribution in [0.2, 0.25) is 0 Å². The van der Waals surface area contributed by atoms with Gasteiger partial charge in [0, 0.05) is 22.9 Å². The Morgan fingerprint density at radius 1 is 1.12 bits per heavy atom. The lowest BCUT2D eigenvalue weighted by atomic mass is 10.1. The van der Waals surface area contributed by atoms with E-state index in [-0.39, 0.29) is 23.3 Å². The lowest BCUT2D eigenvalue weighted by Crippen LogP contribution is -2.19. The van der Waals surface area contributed by atoms with E-state index >= 15 is 0 Å². The van der Waals surface area contributed by atoms with Gasteiger partial charge < -0.3 is 15.3 Å². The van der Waals surface area contributed by atoms with E-state index < -0.39 is 0 Å². The molecule has 3 rings (SSSR count). The third-order valence-corrected chi connectivity index (χ3v) is 5.27. The molecular weight excluding hydrogens is 338 g/mol. The average Bonchev–Trinajstić information content (AvgIpc) is 3.32. The highest BCUT2D eigenvalue weighted by Crippen LogP contribution is 2.40. The number of rotatable bonds is 5. The van der Waals surface area contributed by atoms with Gasteiger partial charge in [0.1, 0.15) is 5.75 Å². The van der Waals surface area contributed by atoms with Crippen molar-refractivity contribution in [3.63, 3.8) is 0 Å². The molecule has 1 unspecified atom stereocenters. The fraction of sp³-hybridized carbons (Fsp3) is 0.444. The minimum atomic E-state index is -0.363. The van der Waals surface area contributed by atoms with Crippen LogP contribution in [0.3, 0.4) is 0 Å². The van der Waals surface area contributed by atoms with Crippen molar-refractivity contribution in [1.82, 2.24) is 4.68 Å². The molecule has 134 valence electrons. The summed E-state index contributed by atoms with van der Waals surface area (Å²) in [5.41, 5.74) is 1.46. The molecule has 0 bridgehead atoms. The second-order valence-corrected chi connectivity index (χ2v) is 7.62. The normalized spacial score (nSPS) is 16.9. The molecule has 0 saturated heterocycles. The number of phenolic OH excluding ortho intramolecular Hbond substituents is 3. The first kappa shape index (κ1) is 17.5. The summed E-state index contributed by atoms with van der Waals surface area (Å²) in [6, 6.07) is 2.56. The van der Waals surface area contributed by atoms with E-state index in [9.17, 15) is 15.3 Å². The van der Waals surface area contributed by atoms with Gasteiger partial charge in [-0.15, -0.1) is 11.3 Å². The third-order valence-electron chi connectivity index (χ3n) is 4.42. The fourth-order valence-electron chi connectivity index (χ4n) is 2.30. The van der Waals surface area contributed by atoms with Gasteiger partial charge in [0.05, 0.1) is 18.0 Å². The first-order chi connectivity index (χ1) is 11.9. The van der Waals surface area contributed by atoms with Gasteiger partial charge in [-0.1, -0.05) is 13.8 Å². The standard InChI is InChI=1S/C18H23N3O3S/c1-10(2)11(3)20-18-21(14(9-25-18)12-4-5-12)19-8-13-6-16(23)17(24)7-15(13)22/h6-12,22-24H,4-5H2,1-3H3/b19-8+,20-18?. The highest BCUT2D eigenvalue weighted by atomic mass is 32.1. The van der Waals surface area contributed by atoms with Crippen molar-refractivity contribution in [3.8, 4) is 17.2 Å². The van der Waals surface area contributed by atoms with Crippen LogP contribution in [0.15, 0.2) is 27.6 Å². The fourth-order valence-corrected chi connectivity index (χ4v) is 3.30. The molecule has 1 heterocycles. The molecule has 1 fully saturated rings. The monoisotopic (exact) mass is 361 g/mol. The van der Waals surface area contributed by atoms with Crippen LogP contribution < -0.4 is 4.80 Å². The number of hydrogen-bond donors (Lipinski definition) is 3. The average molecular weight is 361 g/mol. The highest BCUT2D eigenvalue weighted by molar-refractivity contribution is 7.07. The third kappa shape index (κ3) is 3.87. The van der Waals surface area contributed by atoms with Crippen LogP contribution in [-0.2, 0) is 0 Å². The quantitative estimate of drug-likeness (QED) is 0.433. The predicted molar refractivity (Wildman–Crippen MR) is 98.6 cm³/mol. The molecule has 0 spiro atoms. The second-order valence-electron chi connectivity index (χ2n) is 6.79. The summed E-state index contributed by atoms with van der Waals surface area (Å²) in [5.74, 6) is 0.140. The van der Waals surface area contributed by atoms with E-state index in [4.69, 9.17) is 4.99 Å². The van der Waals surface area contributed by atoms with Crippen LogP contribution in [0, 0.1) is 5.92 Å². The Hall–Kier alpha value is -2.28. The molecule has 7 heteroatoms. The number of thiazole rings is 1. The lowest BCUT2D eigenvalue weighted by molar-refractivity contribution is 0.396. The molecule has 1 atom stereocenters. The number of aromatic nitrogens is 1. The van der Waals surface area contributed by atoms with Crippen molar-refractivity contribution in [3.05, 3.63) is 33.6 Å². The number of hydrogen-bond acceptors (Lipinski definition) is 6. The Kier molecular flexibility index (Phi) is 4.85. The van der Waals surface area contributed by atoms with Crippen molar-refractivity contribution >= 4 is 17.6 Å². The number of nitrogens with zero attached hydrogens (tertiary/aromatic N) is 3. The van der Waals surface area contributed by atoms with Crippen LogP contribution in [0.25, 0.3) is 0 Å². The molecule has 1 aliphatic carbocycles.